The first-order valence-corrected chi connectivity index (χ1v) is 10.2. The van der Waals surface area contributed by atoms with Crippen molar-refractivity contribution in [2.75, 3.05) is 40.4 Å². The molecule has 0 aromatic carbocycles. The summed E-state index contributed by atoms with van der Waals surface area (Å²) < 4.78 is 27.2. The van der Waals surface area contributed by atoms with Crippen LogP contribution in [0.25, 0.3) is 0 Å². The van der Waals surface area contributed by atoms with Gasteiger partial charge in [-0.2, -0.15) is 0 Å². The third kappa shape index (κ3) is 5.99. The zero-order valence-corrected chi connectivity index (χ0v) is 12.4. The molecule has 0 fully saturated rings. The second-order valence-electron chi connectivity index (χ2n) is 4.94. The first-order chi connectivity index (χ1) is 6.66. The molecule has 0 saturated carbocycles. The Balaban J connectivity index is 4.65. The summed E-state index contributed by atoms with van der Waals surface area (Å²) in [6.07, 6.45) is 3.09. The number of hydrogen-bond acceptors (Lipinski definition) is 4. The van der Waals surface area contributed by atoms with E-state index in [1.807, 2.05) is 20.0 Å². The van der Waals surface area contributed by atoms with Gasteiger partial charge in [0, 0.05) is 0 Å². The van der Waals surface area contributed by atoms with Crippen molar-refractivity contribution in [2.24, 2.45) is 0 Å². The summed E-state index contributed by atoms with van der Waals surface area (Å²) in [5, 5.41) is 0. The van der Waals surface area contributed by atoms with E-state index < -0.39 is 14.7 Å². The Bertz CT molecular complexity index is 236. The van der Waals surface area contributed by atoms with Gasteiger partial charge in [0.2, 0.25) is 0 Å². The summed E-state index contributed by atoms with van der Waals surface area (Å²) in [6.45, 7) is 5.84. The molecule has 0 aliphatic carbocycles. The van der Waals surface area contributed by atoms with Gasteiger partial charge in [0.1, 0.15) is 0 Å². The van der Waals surface area contributed by atoms with Crippen LogP contribution >= 0.6 is 14.7 Å². The summed E-state index contributed by atoms with van der Waals surface area (Å²) >= 11 is 0. The summed E-state index contributed by atoms with van der Waals surface area (Å²) in [7, 11) is -0.663. The molecule has 94 valence electrons. The second-order valence-corrected chi connectivity index (χ2v) is 13.6. The molecule has 0 N–H and O–H groups in total. The van der Waals surface area contributed by atoms with Crippen LogP contribution in [0.1, 0.15) is 19.8 Å². The summed E-state index contributed by atoms with van der Waals surface area (Å²) in [5.41, 5.74) is 0. The van der Waals surface area contributed by atoms with Crippen LogP contribution in [0, 0.1) is 0 Å². The minimum absolute atomic E-state index is 0.929. The van der Waals surface area contributed by atoms with Gasteiger partial charge in [-0.3, -0.25) is 0 Å². The summed E-state index contributed by atoms with van der Waals surface area (Å²) in [5.74, 6) is 0. The van der Waals surface area contributed by atoms with E-state index >= 15 is 0 Å². The molecule has 0 spiro atoms. The van der Waals surface area contributed by atoms with Gasteiger partial charge in [0.25, 0.3) is 0 Å². The van der Waals surface area contributed by atoms with Gasteiger partial charge >= 0.3 is 92.7 Å². The SMILES string of the molecule is CCCCP(C)(C)(C)OP(=O)(OC)OC. The number of phosphoric ester groups is 1. The van der Waals surface area contributed by atoms with E-state index in [1.165, 1.54) is 14.2 Å². The molecule has 0 unspecified atom stereocenters. The van der Waals surface area contributed by atoms with Gasteiger partial charge in [-0.1, -0.05) is 0 Å². The third-order valence-electron chi connectivity index (χ3n) is 2.12. The van der Waals surface area contributed by atoms with Crippen molar-refractivity contribution in [1.29, 1.82) is 0 Å². The molecule has 4 nitrogen and oxygen atoms in total. The van der Waals surface area contributed by atoms with Gasteiger partial charge < -0.3 is 0 Å². The van der Waals surface area contributed by atoms with Crippen LogP contribution in [0.15, 0.2) is 0 Å². The van der Waals surface area contributed by atoms with E-state index in [2.05, 4.69) is 6.92 Å². The fraction of sp³-hybridized carbons (Fsp3) is 1.00. The van der Waals surface area contributed by atoms with Crippen molar-refractivity contribution in [3.63, 3.8) is 0 Å². The van der Waals surface area contributed by atoms with Crippen LogP contribution < -0.4 is 0 Å². The first kappa shape index (κ1) is 15.5. The Morgan fingerprint density at radius 3 is 1.93 bits per heavy atom. The molecule has 15 heavy (non-hydrogen) atoms. The van der Waals surface area contributed by atoms with Crippen LogP contribution in [0.3, 0.4) is 0 Å². The molecule has 0 aromatic heterocycles. The van der Waals surface area contributed by atoms with Crippen LogP contribution in [0.5, 0.6) is 0 Å². The van der Waals surface area contributed by atoms with E-state index in [-0.39, 0.29) is 0 Å². The Morgan fingerprint density at radius 2 is 1.60 bits per heavy atom. The zero-order valence-electron chi connectivity index (χ0n) is 10.6. The van der Waals surface area contributed by atoms with Crippen LogP contribution in [0.2, 0.25) is 0 Å². The Kier molecular flexibility index (Phi) is 5.44. The number of phosphoric acid groups is 1. The Morgan fingerprint density at radius 1 is 1.13 bits per heavy atom. The fourth-order valence-electron chi connectivity index (χ4n) is 1.25. The van der Waals surface area contributed by atoms with Gasteiger partial charge in [-0.05, 0) is 0 Å². The van der Waals surface area contributed by atoms with Crippen molar-refractivity contribution in [3.8, 4) is 0 Å². The van der Waals surface area contributed by atoms with E-state index in [1.54, 1.807) is 0 Å². The normalized spacial score (nSPS) is 16.0. The molecular weight excluding hydrogens is 234 g/mol. The van der Waals surface area contributed by atoms with Gasteiger partial charge in [-0.15, -0.1) is 0 Å². The maximum atomic E-state index is 11.9. The topological polar surface area (TPSA) is 44.8 Å². The molecule has 0 aromatic rings. The van der Waals surface area contributed by atoms with Crippen LogP contribution in [-0.2, 0) is 17.9 Å². The van der Waals surface area contributed by atoms with E-state index in [0.29, 0.717) is 0 Å². The number of rotatable bonds is 7. The standard InChI is InChI=1S/C9H24O4P2/c1-7-8-9-15(4,5,6)13-14(10,11-2)12-3/h7-9H2,1-6H3. The van der Waals surface area contributed by atoms with Crippen molar-refractivity contribution < 1.29 is 17.9 Å². The maximum absolute atomic E-state index is 11.9. The minimum atomic E-state index is -3.35. The van der Waals surface area contributed by atoms with E-state index in [4.69, 9.17) is 13.4 Å². The molecule has 0 radical (unpaired) electrons. The average molecular weight is 258 g/mol. The molecule has 0 bridgehead atoms. The quantitative estimate of drug-likeness (QED) is 0.655. The molecule has 0 heterocycles. The second kappa shape index (κ2) is 5.25. The van der Waals surface area contributed by atoms with Gasteiger partial charge in [0.05, 0.1) is 0 Å². The van der Waals surface area contributed by atoms with Crippen LogP contribution in [0.4, 0.5) is 0 Å². The zero-order chi connectivity index (χ0) is 12.2. The van der Waals surface area contributed by atoms with Crippen molar-refractivity contribution in [1.82, 2.24) is 0 Å². The van der Waals surface area contributed by atoms with Crippen molar-refractivity contribution in [3.05, 3.63) is 0 Å². The van der Waals surface area contributed by atoms with Crippen molar-refractivity contribution >= 4 is 14.7 Å². The molecule has 0 amide bonds. The molecule has 0 rings (SSSR count). The molecule has 6 heteroatoms. The van der Waals surface area contributed by atoms with Crippen molar-refractivity contribution in [2.45, 2.75) is 19.8 Å². The Labute approximate surface area is 93.3 Å². The van der Waals surface area contributed by atoms with E-state index in [0.717, 1.165) is 19.0 Å². The predicted molar refractivity (Wildman–Crippen MR) is 67.2 cm³/mol. The molecule has 0 atom stereocenters. The molecule has 0 aliphatic heterocycles. The average Bonchev–Trinajstić information content (AvgIpc) is 2.13. The third-order valence-corrected chi connectivity index (χ3v) is 8.08. The number of unbranched alkanes of at least 4 members (excludes halogenated alkanes) is 1. The predicted octanol–water partition coefficient (Wildman–Crippen LogP) is 3.56. The van der Waals surface area contributed by atoms with Crippen LogP contribution in [-0.4, -0.2) is 40.4 Å². The molecule has 0 aliphatic rings. The summed E-state index contributed by atoms with van der Waals surface area (Å²) in [6, 6.07) is 0. The van der Waals surface area contributed by atoms with Gasteiger partial charge in [0.15, 0.2) is 0 Å². The molecular formula is C9H24O4P2. The molecule has 0 saturated heterocycles. The number of hydrogen-bond donors (Lipinski definition) is 0. The first-order valence-electron chi connectivity index (χ1n) is 5.09. The van der Waals surface area contributed by atoms with Gasteiger partial charge in [-0.25, -0.2) is 0 Å². The van der Waals surface area contributed by atoms with E-state index in [9.17, 15) is 4.57 Å². The monoisotopic (exact) mass is 258 g/mol. The fourth-order valence-corrected chi connectivity index (χ4v) is 6.62. The summed E-state index contributed by atoms with van der Waals surface area (Å²) in [4.78, 5) is 0. The Hall–Kier alpha value is 0.540.